The van der Waals surface area contributed by atoms with Crippen LogP contribution in [0, 0.1) is 0 Å². The summed E-state index contributed by atoms with van der Waals surface area (Å²) < 4.78 is 1.79. The van der Waals surface area contributed by atoms with Gasteiger partial charge in [-0.15, -0.1) is 0 Å². The first-order valence-corrected chi connectivity index (χ1v) is 5.61. The van der Waals surface area contributed by atoms with Gasteiger partial charge in [0, 0.05) is 23.5 Å². The van der Waals surface area contributed by atoms with Crippen molar-refractivity contribution in [1.82, 2.24) is 15.1 Å². The van der Waals surface area contributed by atoms with Crippen LogP contribution in [0.15, 0.2) is 24.4 Å². The number of benzene rings is 1. The van der Waals surface area contributed by atoms with E-state index >= 15 is 0 Å². The molecule has 1 aromatic heterocycles. The first-order chi connectivity index (χ1) is 7.87. The highest BCUT2D eigenvalue weighted by atomic mass is 16.1. The highest BCUT2D eigenvalue weighted by molar-refractivity contribution is 5.98. The van der Waals surface area contributed by atoms with E-state index in [1.807, 2.05) is 46.0 Å². The molecule has 17 heavy (non-hydrogen) atoms. The van der Waals surface area contributed by atoms with Crippen molar-refractivity contribution in [2.75, 3.05) is 0 Å². The van der Waals surface area contributed by atoms with Gasteiger partial charge < -0.3 is 5.32 Å². The maximum atomic E-state index is 12.0. The average molecular weight is 231 g/mol. The predicted octanol–water partition coefficient (Wildman–Crippen LogP) is 2.10. The third-order valence-corrected chi connectivity index (χ3v) is 2.50. The minimum absolute atomic E-state index is 0.0525. The van der Waals surface area contributed by atoms with E-state index in [2.05, 4.69) is 10.4 Å². The maximum Gasteiger partial charge on any atom is 0.251 e. The summed E-state index contributed by atoms with van der Waals surface area (Å²) in [6.45, 7) is 5.90. The highest BCUT2D eigenvalue weighted by Crippen LogP contribution is 2.15. The lowest BCUT2D eigenvalue weighted by Crippen LogP contribution is -2.40. The van der Waals surface area contributed by atoms with Crippen molar-refractivity contribution in [2.24, 2.45) is 7.05 Å². The molecule has 1 amide bonds. The molecule has 0 saturated heterocycles. The normalized spacial score (nSPS) is 11.8. The van der Waals surface area contributed by atoms with Crippen molar-refractivity contribution < 1.29 is 4.79 Å². The Labute approximate surface area is 101 Å². The van der Waals surface area contributed by atoms with Gasteiger partial charge >= 0.3 is 0 Å². The summed E-state index contributed by atoms with van der Waals surface area (Å²) in [7, 11) is 1.89. The Kier molecular flexibility index (Phi) is 2.65. The summed E-state index contributed by atoms with van der Waals surface area (Å²) in [6.07, 6.45) is 1.77. The Morgan fingerprint density at radius 1 is 1.35 bits per heavy atom. The van der Waals surface area contributed by atoms with Crippen LogP contribution in [0.3, 0.4) is 0 Å². The predicted molar refractivity (Wildman–Crippen MR) is 67.9 cm³/mol. The number of rotatable bonds is 1. The zero-order valence-corrected chi connectivity index (χ0v) is 10.6. The van der Waals surface area contributed by atoms with Crippen molar-refractivity contribution in [3.8, 4) is 0 Å². The molecule has 0 aliphatic carbocycles. The molecule has 0 aliphatic rings. The quantitative estimate of drug-likeness (QED) is 0.817. The number of amides is 1. The Morgan fingerprint density at radius 3 is 2.71 bits per heavy atom. The number of hydrogen-bond donors (Lipinski definition) is 1. The van der Waals surface area contributed by atoms with E-state index in [4.69, 9.17) is 0 Å². The van der Waals surface area contributed by atoms with Gasteiger partial charge in [0.05, 0.1) is 11.7 Å². The van der Waals surface area contributed by atoms with E-state index < -0.39 is 0 Å². The molecule has 90 valence electrons. The molecule has 0 saturated carbocycles. The lowest BCUT2D eigenvalue weighted by Gasteiger charge is -2.20. The number of nitrogens with one attached hydrogen (secondary N) is 1. The second-order valence-corrected chi connectivity index (χ2v) is 5.25. The fraction of sp³-hybridized carbons (Fsp3) is 0.385. The summed E-state index contributed by atoms with van der Waals surface area (Å²) in [5, 5.41) is 8.08. The summed E-state index contributed by atoms with van der Waals surface area (Å²) >= 11 is 0. The Balaban J connectivity index is 2.33. The highest BCUT2D eigenvalue weighted by Gasteiger charge is 2.15. The van der Waals surface area contributed by atoms with Crippen LogP contribution < -0.4 is 5.32 Å². The largest absolute Gasteiger partial charge is 0.347 e. The second kappa shape index (κ2) is 3.87. The molecule has 0 spiro atoms. The molecular formula is C13H17N3O. The van der Waals surface area contributed by atoms with Gasteiger partial charge in [-0.3, -0.25) is 9.48 Å². The first-order valence-electron chi connectivity index (χ1n) is 5.61. The number of fused-ring (bicyclic) bond motifs is 1. The van der Waals surface area contributed by atoms with Crippen LogP contribution in [0.1, 0.15) is 31.1 Å². The van der Waals surface area contributed by atoms with Crippen LogP contribution in [0.2, 0.25) is 0 Å². The summed E-state index contributed by atoms with van der Waals surface area (Å²) in [5.74, 6) is -0.0525. The van der Waals surface area contributed by atoms with Gasteiger partial charge in [0.15, 0.2) is 0 Å². The van der Waals surface area contributed by atoms with Gasteiger partial charge in [0.1, 0.15) is 0 Å². The number of carbonyl (C=O) groups is 1. The van der Waals surface area contributed by atoms with E-state index in [0.717, 1.165) is 10.9 Å². The lowest BCUT2D eigenvalue weighted by molar-refractivity contribution is 0.0919. The number of aryl methyl sites for hydroxylation is 1. The lowest BCUT2D eigenvalue weighted by atomic mass is 10.1. The first kappa shape index (κ1) is 11.6. The van der Waals surface area contributed by atoms with Crippen LogP contribution in [-0.2, 0) is 7.05 Å². The Morgan fingerprint density at radius 2 is 2.06 bits per heavy atom. The molecule has 2 aromatic rings. The minimum atomic E-state index is -0.221. The van der Waals surface area contributed by atoms with Gasteiger partial charge in [-0.1, -0.05) is 0 Å². The summed E-state index contributed by atoms with van der Waals surface area (Å²) in [5.41, 5.74) is 1.47. The van der Waals surface area contributed by atoms with E-state index in [-0.39, 0.29) is 11.4 Å². The van der Waals surface area contributed by atoms with Gasteiger partial charge in [0.2, 0.25) is 0 Å². The topological polar surface area (TPSA) is 46.9 Å². The standard InChI is InChI=1S/C13H17N3O/c1-13(2,3)15-12(17)9-5-6-11-10(7-9)8-14-16(11)4/h5-8H,1-4H3,(H,15,17). The fourth-order valence-electron chi connectivity index (χ4n) is 1.72. The minimum Gasteiger partial charge on any atom is -0.347 e. The molecule has 4 heteroatoms. The molecule has 2 rings (SSSR count). The molecular weight excluding hydrogens is 214 g/mol. The van der Waals surface area contributed by atoms with Crippen molar-refractivity contribution >= 4 is 16.8 Å². The van der Waals surface area contributed by atoms with Crippen LogP contribution in [0.5, 0.6) is 0 Å². The van der Waals surface area contributed by atoms with Crippen molar-refractivity contribution in [3.63, 3.8) is 0 Å². The molecule has 1 aromatic carbocycles. The average Bonchev–Trinajstić information content (AvgIpc) is 2.57. The smallest absolute Gasteiger partial charge is 0.251 e. The van der Waals surface area contributed by atoms with Crippen molar-refractivity contribution in [3.05, 3.63) is 30.0 Å². The van der Waals surface area contributed by atoms with Crippen LogP contribution in [0.25, 0.3) is 10.9 Å². The van der Waals surface area contributed by atoms with Crippen LogP contribution in [0.4, 0.5) is 0 Å². The molecule has 0 fully saturated rings. The monoisotopic (exact) mass is 231 g/mol. The van der Waals surface area contributed by atoms with E-state index in [1.54, 1.807) is 10.9 Å². The number of hydrogen-bond acceptors (Lipinski definition) is 2. The SMILES string of the molecule is Cn1ncc2cc(C(=O)NC(C)(C)C)ccc21. The summed E-state index contributed by atoms with van der Waals surface area (Å²) in [4.78, 5) is 12.0. The van der Waals surface area contributed by atoms with Gasteiger partial charge in [-0.05, 0) is 39.0 Å². The third kappa shape index (κ3) is 2.46. The molecule has 0 radical (unpaired) electrons. The maximum absolute atomic E-state index is 12.0. The number of aromatic nitrogens is 2. The molecule has 1 heterocycles. The molecule has 0 aliphatic heterocycles. The molecule has 0 unspecified atom stereocenters. The number of carbonyl (C=O) groups excluding carboxylic acids is 1. The van der Waals surface area contributed by atoms with Crippen LogP contribution in [-0.4, -0.2) is 21.2 Å². The third-order valence-electron chi connectivity index (χ3n) is 2.50. The molecule has 4 nitrogen and oxygen atoms in total. The van der Waals surface area contributed by atoms with Crippen molar-refractivity contribution in [1.29, 1.82) is 0 Å². The van der Waals surface area contributed by atoms with E-state index in [1.165, 1.54) is 0 Å². The van der Waals surface area contributed by atoms with Gasteiger partial charge in [-0.2, -0.15) is 5.10 Å². The molecule has 0 bridgehead atoms. The zero-order chi connectivity index (χ0) is 12.6. The Bertz CT molecular complexity index is 564. The molecule has 0 atom stereocenters. The fourth-order valence-corrected chi connectivity index (χ4v) is 1.72. The summed E-state index contributed by atoms with van der Waals surface area (Å²) in [6, 6.07) is 5.61. The van der Waals surface area contributed by atoms with E-state index in [0.29, 0.717) is 5.56 Å². The van der Waals surface area contributed by atoms with Gasteiger partial charge in [0.25, 0.3) is 5.91 Å². The van der Waals surface area contributed by atoms with Gasteiger partial charge in [-0.25, -0.2) is 0 Å². The van der Waals surface area contributed by atoms with Crippen molar-refractivity contribution in [2.45, 2.75) is 26.3 Å². The zero-order valence-electron chi connectivity index (χ0n) is 10.6. The number of nitrogens with zero attached hydrogens (tertiary/aromatic N) is 2. The Hall–Kier alpha value is -1.84. The van der Waals surface area contributed by atoms with Crippen LogP contribution >= 0.6 is 0 Å². The molecule has 1 N–H and O–H groups in total. The second-order valence-electron chi connectivity index (χ2n) is 5.25. The van der Waals surface area contributed by atoms with E-state index in [9.17, 15) is 4.79 Å².